The number of ether oxygens (including phenoxy) is 1. The molecule has 0 unspecified atom stereocenters. The predicted molar refractivity (Wildman–Crippen MR) is 109 cm³/mol. The van der Waals surface area contributed by atoms with Crippen LogP contribution in [0.5, 0.6) is 0 Å². The van der Waals surface area contributed by atoms with Crippen molar-refractivity contribution in [1.29, 1.82) is 0 Å². The average Bonchev–Trinajstić information content (AvgIpc) is 3.17. The maximum Gasteiger partial charge on any atom is 0.421 e. The Kier molecular flexibility index (Phi) is 6.86. The van der Waals surface area contributed by atoms with E-state index in [0.29, 0.717) is 16.9 Å². The number of nitrogens with zero attached hydrogens (tertiary/aromatic N) is 3. The van der Waals surface area contributed by atoms with Gasteiger partial charge in [0.2, 0.25) is 5.95 Å². The first-order valence-electron chi connectivity index (χ1n) is 8.78. The number of halogens is 5. The number of hydrogen-bond donors (Lipinski definition) is 3. The quantitative estimate of drug-likeness (QED) is 0.411. The molecule has 0 saturated carbocycles. The molecule has 3 aromatic rings. The molecule has 0 aliphatic carbocycles. The second-order valence-corrected chi connectivity index (χ2v) is 6.86. The number of hydrogen-bond acceptors (Lipinski definition) is 7. The van der Waals surface area contributed by atoms with Crippen molar-refractivity contribution in [1.82, 2.24) is 20.2 Å². The average molecular weight is 475 g/mol. The number of carbonyl (C=O) groups excluding carboxylic acids is 1. The molecule has 3 rings (SSSR count). The summed E-state index contributed by atoms with van der Waals surface area (Å²) in [5.74, 6) is -1.24. The third-order valence-electron chi connectivity index (χ3n) is 3.92. The van der Waals surface area contributed by atoms with Gasteiger partial charge < -0.3 is 15.4 Å². The first kappa shape index (κ1) is 22.6. The highest BCUT2D eigenvalue weighted by molar-refractivity contribution is 6.42. The Labute approximate surface area is 184 Å². The molecule has 1 aromatic carbocycles. The van der Waals surface area contributed by atoms with Gasteiger partial charge in [-0.1, -0.05) is 23.2 Å². The molecular formula is C18H15Cl2F3N6O2. The standard InChI is InChI=1S/C18H15Cl2F3N6O2/c1-2-31-16(30)10-6-26-29-14(10)8-24-15-11(18(21,22)23)7-25-17(28-15)27-9-3-4-12(19)13(20)5-9/h3-7H,2,8H2,1H3,(H,26,29)(H2,24,25,27,28). The Morgan fingerprint density at radius 1 is 1.23 bits per heavy atom. The second kappa shape index (κ2) is 9.40. The van der Waals surface area contributed by atoms with E-state index in [1.807, 2.05) is 0 Å². The van der Waals surface area contributed by atoms with Crippen LogP contribution in [0.2, 0.25) is 10.0 Å². The number of carbonyl (C=O) groups is 1. The summed E-state index contributed by atoms with van der Waals surface area (Å²) in [4.78, 5) is 19.6. The molecule has 0 saturated heterocycles. The number of nitrogens with one attached hydrogen (secondary N) is 3. The first-order chi connectivity index (χ1) is 14.7. The fourth-order valence-electron chi connectivity index (χ4n) is 2.49. The Morgan fingerprint density at radius 2 is 2.00 bits per heavy atom. The van der Waals surface area contributed by atoms with Crippen LogP contribution in [0.15, 0.2) is 30.6 Å². The normalized spacial score (nSPS) is 11.3. The highest BCUT2D eigenvalue weighted by Crippen LogP contribution is 2.34. The second-order valence-electron chi connectivity index (χ2n) is 6.04. The van der Waals surface area contributed by atoms with Crippen LogP contribution in [0.3, 0.4) is 0 Å². The molecule has 0 aliphatic heterocycles. The minimum Gasteiger partial charge on any atom is -0.462 e. The van der Waals surface area contributed by atoms with E-state index in [9.17, 15) is 18.0 Å². The summed E-state index contributed by atoms with van der Waals surface area (Å²) in [7, 11) is 0. The van der Waals surface area contributed by atoms with E-state index < -0.39 is 23.5 Å². The summed E-state index contributed by atoms with van der Waals surface area (Å²) in [6.07, 6.45) is -2.83. The van der Waals surface area contributed by atoms with Crippen LogP contribution in [0.25, 0.3) is 0 Å². The SMILES string of the molecule is CCOC(=O)c1cn[nH]c1CNc1nc(Nc2ccc(Cl)c(Cl)c2)ncc1C(F)(F)F. The van der Waals surface area contributed by atoms with Gasteiger partial charge in [-0.15, -0.1) is 0 Å². The molecule has 0 spiro atoms. The summed E-state index contributed by atoms with van der Waals surface area (Å²) in [6.45, 7) is 1.58. The van der Waals surface area contributed by atoms with Crippen molar-refractivity contribution in [2.75, 3.05) is 17.2 Å². The number of aromatic amines is 1. The number of rotatable bonds is 7. The van der Waals surface area contributed by atoms with Crippen molar-refractivity contribution in [3.8, 4) is 0 Å². The lowest BCUT2D eigenvalue weighted by Crippen LogP contribution is -2.16. The summed E-state index contributed by atoms with van der Waals surface area (Å²) in [5.41, 5.74) is -0.307. The Morgan fingerprint density at radius 3 is 2.68 bits per heavy atom. The van der Waals surface area contributed by atoms with Crippen LogP contribution in [-0.2, 0) is 17.5 Å². The molecule has 0 fully saturated rings. The third-order valence-corrected chi connectivity index (χ3v) is 4.66. The van der Waals surface area contributed by atoms with Crippen molar-refractivity contribution in [3.63, 3.8) is 0 Å². The van der Waals surface area contributed by atoms with E-state index in [4.69, 9.17) is 27.9 Å². The fourth-order valence-corrected chi connectivity index (χ4v) is 2.79. The van der Waals surface area contributed by atoms with Crippen molar-refractivity contribution < 1.29 is 22.7 Å². The van der Waals surface area contributed by atoms with E-state index in [2.05, 4.69) is 30.8 Å². The summed E-state index contributed by atoms with van der Waals surface area (Å²) < 4.78 is 45.1. The van der Waals surface area contributed by atoms with Crippen LogP contribution in [-0.4, -0.2) is 32.7 Å². The highest BCUT2D eigenvalue weighted by Gasteiger charge is 2.35. The van der Waals surface area contributed by atoms with Gasteiger partial charge in [-0.25, -0.2) is 9.78 Å². The van der Waals surface area contributed by atoms with Crippen LogP contribution in [0.4, 0.5) is 30.6 Å². The zero-order valence-corrected chi connectivity index (χ0v) is 17.4. The molecule has 2 heterocycles. The minimum absolute atomic E-state index is 0.103. The molecule has 3 N–H and O–H groups in total. The van der Waals surface area contributed by atoms with Gasteiger partial charge >= 0.3 is 12.1 Å². The smallest absolute Gasteiger partial charge is 0.421 e. The Bertz CT molecular complexity index is 1090. The van der Waals surface area contributed by atoms with Gasteiger partial charge in [0.1, 0.15) is 16.9 Å². The van der Waals surface area contributed by atoms with Crippen LogP contribution in [0.1, 0.15) is 28.5 Å². The zero-order chi connectivity index (χ0) is 22.6. The Hall–Kier alpha value is -3.05. The van der Waals surface area contributed by atoms with Gasteiger partial charge in [0.15, 0.2) is 0 Å². The lowest BCUT2D eigenvalue weighted by atomic mass is 10.2. The molecule has 13 heteroatoms. The van der Waals surface area contributed by atoms with Gasteiger partial charge in [-0.05, 0) is 25.1 Å². The van der Waals surface area contributed by atoms with Gasteiger partial charge in [-0.2, -0.15) is 23.3 Å². The fraction of sp³-hybridized carbons (Fsp3) is 0.222. The molecule has 0 aliphatic rings. The summed E-state index contributed by atoms with van der Waals surface area (Å²) in [6, 6.07) is 4.57. The molecule has 164 valence electrons. The zero-order valence-electron chi connectivity index (χ0n) is 15.8. The number of esters is 1. The number of alkyl halides is 3. The number of H-pyrrole nitrogens is 1. The maximum absolute atomic E-state index is 13.4. The highest BCUT2D eigenvalue weighted by atomic mass is 35.5. The molecule has 2 aromatic heterocycles. The lowest BCUT2D eigenvalue weighted by molar-refractivity contribution is -0.137. The predicted octanol–water partition coefficient (Wildman–Crippen LogP) is 5.06. The molecule has 31 heavy (non-hydrogen) atoms. The first-order valence-corrected chi connectivity index (χ1v) is 9.54. The van der Waals surface area contributed by atoms with Gasteiger partial charge in [0, 0.05) is 11.9 Å². The van der Waals surface area contributed by atoms with Crippen molar-refractivity contribution in [2.24, 2.45) is 0 Å². The van der Waals surface area contributed by atoms with Crippen LogP contribution in [0, 0.1) is 0 Å². The minimum atomic E-state index is -4.71. The van der Waals surface area contributed by atoms with E-state index in [1.54, 1.807) is 13.0 Å². The molecule has 0 radical (unpaired) electrons. The number of aromatic nitrogens is 4. The number of benzene rings is 1. The molecule has 0 amide bonds. The molecule has 8 nitrogen and oxygen atoms in total. The topological polar surface area (TPSA) is 105 Å². The van der Waals surface area contributed by atoms with E-state index >= 15 is 0 Å². The van der Waals surface area contributed by atoms with Gasteiger partial charge in [0.05, 0.1) is 35.1 Å². The van der Waals surface area contributed by atoms with Gasteiger partial charge in [0.25, 0.3) is 0 Å². The maximum atomic E-state index is 13.4. The van der Waals surface area contributed by atoms with E-state index in [0.717, 1.165) is 0 Å². The lowest BCUT2D eigenvalue weighted by Gasteiger charge is -2.15. The Balaban J connectivity index is 1.85. The molecular weight excluding hydrogens is 460 g/mol. The van der Waals surface area contributed by atoms with Gasteiger partial charge in [-0.3, -0.25) is 5.10 Å². The van der Waals surface area contributed by atoms with Crippen molar-refractivity contribution >= 4 is 46.6 Å². The summed E-state index contributed by atoms with van der Waals surface area (Å²) >= 11 is 11.8. The molecule has 0 bridgehead atoms. The summed E-state index contributed by atoms with van der Waals surface area (Å²) in [5, 5.41) is 12.2. The largest absolute Gasteiger partial charge is 0.462 e. The number of anilines is 3. The van der Waals surface area contributed by atoms with Crippen molar-refractivity contribution in [3.05, 3.63) is 57.5 Å². The third kappa shape index (κ3) is 5.56. The molecule has 0 atom stereocenters. The van der Waals surface area contributed by atoms with Crippen LogP contribution >= 0.6 is 23.2 Å². The van der Waals surface area contributed by atoms with Crippen LogP contribution < -0.4 is 10.6 Å². The monoisotopic (exact) mass is 474 g/mol. The van der Waals surface area contributed by atoms with Crippen molar-refractivity contribution in [2.45, 2.75) is 19.6 Å². The van der Waals surface area contributed by atoms with E-state index in [-0.39, 0.29) is 35.4 Å². The van der Waals surface area contributed by atoms with E-state index in [1.165, 1.54) is 18.3 Å².